The second-order valence-corrected chi connectivity index (χ2v) is 10.6. The monoisotopic (exact) mass is 593 g/mol. The molecule has 0 spiro atoms. The summed E-state index contributed by atoms with van der Waals surface area (Å²) >= 11 is 0. The molecule has 0 amide bonds. The van der Waals surface area contributed by atoms with E-state index in [1.165, 1.54) is 0 Å². The lowest BCUT2D eigenvalue weighted by atomic mass is 9.86. The molecule has 8 aromatic carbocycles. The van der Waals surface area contributed by atoms with Crippen LogP contribution >= 0.6 is 0 Å². The maximum absolute atomic E-state index is 9.47. The van der Waals surface area contributed by atoms with E-state index >= 15 is 0 Å². The van der Waals surface area contributed by atoms with Crippen LogP contribution in [0, 0.1) is 0 Å². The molecular formula is C44H30O. The Morgan fingerprint density at radius 1 is 0.444 bits per heavy atom. The number of rotatable bonds is 5. The van der Waals surface area contributed by atoms with Crippen LogP contribution < -0.4 is 0 Å². The highest BCUT2D eigenvalue weighted by molar-refractivity contribution is 6.07. The molecule has 0 saturated carbocycles. The van der Waals surface area contributed by atoms with Crippen molar-refractivity contribution in [2.45, 2.75) is 12.8 Å². The topological polar surface area (TPSA) is 13.1 Å². The van der Waals surface area contributed by atoms with Gasteiger partial charge in [0.15, 0.2) is 0 Å². The summed E-state index contributed by atoms with van der Waals surface area (Å²) in [5.41, 5.74) is 0.484. The number of para-hydroxylation sites is 1. The first kappa shape index (κ1) is 13.1. The van der Waals surface area contributed by atoms with Gasteiger partial charge in [-0.25, -0.2) is 0 Å². The molecule has 9 rings (SSSR count). The van der Waals surface area contributed by atoms with Gasteiger partial charge in [-0.3, -0.25) is 0 Å². The molecular weight excluding hydrogens is 544 g/mol. The van der Waals surface area contributed by atoms with Gasteiger partial charge in [-0.1, -0.05) is 133 Å². The predicted molar refractivity (Wildman–Crippen MR) is 190 cm³/mol. The van der Waals surface area contributed by atoms with Gasteiger partial charge in [0.05, 0.1) is 26.0 Å². The normalized spacial score (nSPS) is 17.6. The van der Waals surface area contributed by atoms with E-state index in [1.807, 2.05) is 18.2 Å². The zero-order valence-electron chi connectivity index (χ0n) is 42.4. The third kappa shape index (κ3) is 4.48. The van der Waals surface area contributed by atoms with Crippen molar-refractivity contribution in [3.8, 4) is 11.1 Å². The minimum Gasteiger partial charge on any atom is -0.456 e. The van der Waals surface area contributed by atoms with Crippen LogP contribution in [-0.2, 0) is 12.8 Å². The van der Waals surface area contributed by atoms with Crippen LogP contribution in [0.25, 0.3) is 65.4 Å². The van der Waals surface area contributed by atoms with Crippen LogP contribution in [-0.4, -0.2) is 0 Å². The highest BCUT2D eigenvalue weighted by Gasteiger charge is 2.15. The van der Waals surface area contributed by atoms with E-state index in [0.29, 0.717) is 22.1 Å². The van der Waals surface area contributed by atoms with Gasteiger partial charge in [0.2, 0.25) is 0 Å². The Kier molecular flexibility index (Phi) is 3.07. The van der Waals surface area contributed by atoms with E-state index in [0.717, 1.165) is 5.39 Å². The van der Waals surface area contributed by atoms with Crippen molar-refractivity contribution < 1.29 is 30.5 Å². The first-order valence-corrected chi connectivity index (χ1v) is 14.1. The second kappa shape index (κ2) is 10.5. The average molecular weight is 594 g/mol. The Bertz CT molecular complexity index is 3500. The molecule has 1 heterocycles. The van der Waals surface area contributed by atoms with Crippen LogP contribution in [0.1, 0.15) is 48.3 Å². The van der Waals surface area contributed by atoms with E-state index < -0.39 is 128 Å². The number of furan rings is 1. The highest BCUT2D eigenvalue weighted by atomic mass is 16.3. The number of hydrogen-bond donors (Lipinski definition) is 0. The molecule has 0 unspecified atom stereocenters. The summed E-state index contributed by atoms with van der Waals surface area (Å²) in [5.74, 6) is 0. The number of hydrogen-bond acceptors (Lipinski definition) is 1. The Hall–Kier alpha value is -5.66. The van der Waals surface area contributed by atoms with E-state index in [-0.39, 0.29) is 60.1 Å². The van der Waals surface area contributed by atoms with Crippen LogP contribution in [0.15, 0.2) is 162 Å². The molecule has 212 valence electrons. The van der Waals surface area contributed by atoms with Crippen LogP contribution in [0.2, 0.25) is 0 Å². The zero-order chi connectivity index (χ0) is 46.3. The molecule has 0 radical (unpaired) electrons. The molecule has 0 atom stereocenters. The fourth-order valence-corrected chi connectivity index (χ4v) is 5.88. The first-order valence-electron chi connectivity index (χ1n) is 23.6. The fraction of sp³-hybridized carbons (Fsp3) is 0.0455. The van der Waals surface area contributed by atoms with E-state index in [9.17, 15) is 9.60 Å². The van der Waals surface area contributed by atoms with Gasteiger partial charge in [-0.15, -0.1) is 0 Å². The standard InChI is InChI=1S/C44H30O/c1-2-10-29(11-3-1)25-40-35-12-4-6-14-37(35)41(38-15-7-5-13-36(38)40)26-30-18-19-32-27-33(21-20-31(32)24-30)34-22-23-44-42(28-34)39-16-8-9-17-43(39)45-44/h1-24,27-28H,25-26H2/i1D,2D,3D,4D,5D,6D,7D,10D,11D,12D,13D,14D,15D,18D,19D,20D,21D,24D,27D. The van der Waals surface area contributed by atoms with Crippen LogP contribution in [0.4, 0.5) is 0 Å². The Labute approximate surface area is 288 Å². The molecule has 0 aliphatic carbocycles. The quantitative estimate of drug-likeness (QED) is 0.181. The van der Waals surface area contributed by atoms with Gasteiger partial charge in [0, 0.05) is 10.8 Å². The summed E-state index contributed by atoms with van der Waals surface area (Å²) in [7, 11) is 0. The lowest BCUT2D eigenvalue weighted by Crippen LogP contribution is -1.98. The molecule has 9 aromatic rings. The molecule has 0 bridgehead atoms. The van der Waals surface area contributed by atoms with Crippen molar-refractivity contribution in [3.05, 3.63) is 180 Å². The summed E-state index contributed by atoms with van der Waals surface area (Å²) in [6, 6.07) is 0.107. The molecule has 0 saturated heterocycles. The molecule has 1 heteroatoms. The van der Waals surface area contributed by atoms with Gasteiger partial charge in [-0.2, -0.15) is 0 Å². The van der Waals surface area contributed by atoms with Gasteiger partial charge in [0.1, 0.15) is 11.2 Å². The van der Waals surface area contributed by atoms with E-state index in [4.69, 9.17) is 20.9 Å². The van der Waals surface area contributed by atoms with Crippen molar-refractivity contribution in [1.82, 2.24) is 0 Å². The lowest BCUT2D eigenvalue weighted by molar-refractivity contribution is 0.669. The molecule has 0 aliphatic rings. The summed E-state index contributed by atoms with van der Waals surface area (Å²) in [6.07, 6.45) is -1.31. The fourth-order valence-electron chi connectivity index (χ4n) is 5.88. The van der Waals surface area contributed by atoms with Gasteiger partial charge >= 0.3 is 0 Å². The third-order valence-electron chi connectivity index (χ3n) is 7.93. The maximum Gasteiger partial charge on any atom is 0.135 e. The number of benzene rings is 8. The minimum atomic E-state index is -0.746. The van der Waals surface area contributed by atoms with Crippen molar-refractivity contribution in [2.75, 3.05) is 0 Å². The molecule has 0 aliphatic heterocycles. The predicted octanol–water partition coefficient (Wildman–Crippen LogP) is 11.9. The average Bonchev–Trinajstić information content (AvgIpc) is 3.65. The SMILES string of the molecule is [2H]c1c([2H])c([2H])c(Cc2c3c([2H])c([2H])c([2H])c([2H])c3c(Cc3c([2H])c([2H])c4c([2H])c(-c5ccc6oc7ccccc7c6c5)c([2H])c([2H])c4c3[2H])c3c([2H])c([2H])c([2H])c([2H])c23)c([2H])c1[2H]. The van der Waals surface area contributed by atoms with Crippen molar-refractivity contribution in [3.63, 3.8) is 0 Å². The Morgan fingerprint density at radius 2 is 1.04 bits per heavy atom. The third-order valence-corrected chi connectivity index (χ3v) is 7.93. The second-order valence-electron chi connectivity index (χ2n) is 10.6. The van der Waals surface area contributed by atoms with E-state index in [1.54, 1.807) is 24.3 Å². The van der Waals surface area contributed by atoms with Crippen LogP contribution in [0.5, 0.6) is 0 Å². The Balaban J connectivity index is 1.36. The molecule has 0 fully saturated rings. The van der Waals surface area contributed by atoms with Gasteiger partial charge in [0.25, 0.3) is 0 Å². The van der Waals surface area contributed by atoms with Gasteiger partial charge in [-0.05, 0) is 103 Å². The maximum atomic E-state index is 9.47. The van der Waals surface area contributed by atoms with E-state index in [2.05, 4.69) is 0 Å². The summed E-state index contributed by atoms with van der Waals surface area (Å²) < 4.78 is 175. The molecule has 0 N–H and O–H groups in total. The summed E-state index contributed by atoms with van der Waals surface area (Å²) in [4.78, 5) is 0. The molecule has 1 nitrogen and oxygen atoms in total. The highest BCUT2D eigenvalue weighted by Crippen LogP contribution is 2.37. The van der Waals surface area contributed by atoms with Crippen molar-refractivity contribution in [2.24, 2.45) is 0 Å². The summed E-state index contributed by atoms with van der Waals surface area (Å²) in [5, 5.41) is -0.342. The number of fused-ring (bicyclic) bond motifs is 6. The first-order chi connectivity index (χ1) is 30.2. The minimum absolute atomic E-state index is 0.0246. The van der Waals surface area contributed by atoms with Crippen LogP contribution in [0.3, 0.4) is 0 Å². The molecule has 1 aromatic heterocycles. The smallest absolute Gasteiger partial charge is 0.135 e. The molecule has 45 heavy (non-hydrogen) atoms. The summed E-state index contributed by atoms with van der Waals surface area (Å²) in [6.45, 7) is 0. The Morgan fingerprint density at radius 3 is 1.78 bits per heavy atom. The largest absolute Gasteiger partial charge is 0.456 e. The zero-order valence-corrected chi connectivity index (χ0v) is 23.4. The van der Waals surface area contributed by atoms with Crippen molar-refractivity contribution >= 4 is 54.3 Å². The lowest BCUT2D eigenvalue weighted by Gasteiger charge is -2.17. The van der Waals surface area contributed by atoms with Gasteiger partial charge < -0.3 is 4.42 Å². The van der Waals surface area contributed by atoms with Crippen molar-refractivity contribution in [1.29, 1.82) is 0 Å².